The molecule has 3 aromatic heterocycles. The van der Waals surface area contributed by atoms with E-state index in [1.165, 1.54) is 28.1 Å². The maximum Gasteiger partial charge on any atom is 0.298 e. The second kappa shape index (κ2) is 5.00. The molecule has 0 atom stereocenters. The maximum absolute atomic E-state index is 12.6. The normalized spacial score (nSPS) is 19.9. The van der Waals surface area contributed by atoms with Crippen molar-refractivity contribution < 1.29 is 8.42 Å². The molecule has 11 nitrogen and oxygen atoms in total. The van der Waals surface area contributed by atoms with Crippen molar-refractivity contribution in [3.8, 4) is 11.5 Å². The number of nitrogens with zero attached hydrogens (tertiary/aromatic N) is 7. The lowest BCUT2D eigenvalue weighted by molar-refractivity contribution is 0.252. The molecule has 5 heterocycles. The summed E-state index contributed by atoms with van der Waals surface area (Å²) in [5, 5.41) is 10.4. The zero-order valence-electron chi connectivity index (χ0n) is 13.5. The van der Waals surface area contributed by atoms with Crippen molar-refractivity contribution in [2.45, 2.75) is 0 Å². The number of anilines is 1. The Labute approximate surface area is 147 Å². The van der Waals surface area contributed by atoms with Gasteiger partial charge in [0.2, 0.25) is 0 Å². The molecule has 0 bridgehead atoms. The summed E-state index contributed by atoms with van der Waals surface area (Å²) < 4.78 is 25.5. The van der Waals surface area contributed by atoms with E-state index < -0.39 is 9.84 Å². The third-order valence-electron chi connectivity index (χ3n) is 4.72. The van der Waals surface area contributed by atoms with E-state index in [2.05, 4.69) is 25.4 Å². The van der Waals surface area contributed by atoms with Gasteiger partial charge in [0, 0.05) is 24.6 Å². The van der Waals surface area contributed by atoms with Gasteiger partial charge in [0.05, 0.1) is 30.1 Å². The van der Waals surface area contributed by atoms with E-state index in [0.717, 1.165) is 0 Å². The minimum Gasteiger partial charge on any atom is -0.355 e. The van der Waals surface area contributed by atoms with Crippen molar-refractivity contribution in [3.63, 3.8) is 0 Å². The molecule has 0 amide bonds. The van der Waals surface area contributed by atoms with Gasteiger partial charge in [0.1, 0.15) is 12.1 Å². The number of hydrogen-bond acceptors (Lipinski definition) is 8. The molecular weight excluding hydrogens is 360 g/mol. The number of H-pyrrole nitrogens is 1. The molecule has 0 aliphatic carbocycles. The lowest BCUT2D eigenvalue weighted by Crippen LogP contribution is -2.68. The summed E-state index contributed by atoms with van der Waals surface area (Å²) in [5.74, 6) is 1.54. The molecule has 5 rings (SSSR count). The molecule has 2 aliphatic heterocycles. The van der Waals surface area contributed by atoms with E-state index in [1.54, 1.807) is 12.3 Å². The van der Waals surface area contributed by atoms with Gasteiger partial charge in [0.25, 0.3) is 5.56 Å². The first-order chi connectivity index (χ1) is 12.4. The SMILES string of the molecule is O=c1c(-n2ccnn2)c[nH]n1-c1cc(N2CC3(C2)CS(=O)(=O)C3)ncn1. The first-order valence-corrected chi connectivity index (χ1v) is 9.72. The summed E-state index contributed by atoms with van der Waals surface area (Å²) in [4.78, 5) is 23.0. The Balaban J connectivity index is 1.41. The second-order valence-corrected chi connectivity index (χ2v) is 8.83. The Kier molecular flexibility index (Phi) is 2.93. The highest BCUT2D eigenvalue weighted by molar-refractivity contribution is 7.92. The van der Waals surface area contributed by atoms with E-state index >= 15 is 0 Å². The van der Waals surface area contributed by atoms with Gasteiger partial charge < -0.3 is 4.90 Å². The summed E-state index contributed by atoms with van der Waals surface area (Å²) in [6.45, 7) is 1.29. The molecule has 3 aromatic rings. The van der Waals surface area contributed by atoms with Crippen LogP contribution < -0.4 is 10.5 Å². The van der Waals surface area contributed by atoms with Crippen molar-refractivity contribution >= 4 is 15.7 Å². The fourth-order valence-corrected chi connectivity index (χ4v) is 5.81. The zero-order chi connectivity index (χ0) is 17.9. The summed E-state index contributed by atoms with van der Waals surface area (Å²) in [5.41, 5.74) is -0.122. The monoisotopic (exact) mass is 374 g/mol. The van der Waals surface area contributed by atoms with Gasteiger partial charge in [-0.2, -0.15) is 4.68 Å². The molecule has 26 heavy (non-hydrogen) atoms. The minimum atomic E-state index is -2.85. The van der Waals surface area contributed by atoms with E-state index in [1.807, 2.05) is 4.90 Å². The highest BCUT2D eigenvalue weighted by Crippen LogP contribution is 2.42. The third kappa shape index (κ3) is 2.25. The largest absolute Gasteiger partial charge is 0.355 e. The number of rotatable bonds is 3. The van der Waals surface area contributed by atoms with Gasteiger partial charge in [-0.25, -0.2) is 23.1 Å². The molecular formula is C14H14N8O3S. The lowest BCUT2D eigenvalue weighted by Gasteiger charge is -2.55. The van der Waals surface area contributed by atoms with Gasteiger partial charge in [-0.15, -0.1) is 5.10 Å². The minimum absolute atomic E-state index is 0.131. The average Bonchev–Trinajstić information content (AvgIpc) is 3.19. The molecule has 12 heteroatoms. The molecule has 2 aliphatic rings. The Morgan fingerprint density at radius 3 is 2.62 bits per heavy atom. The predicted octanol–water partition coefficient (Wildman–Crippen LogP) is -1.23. The van der Waals surface area contributed by atoms with Crippen LogP contribution in [0.25, 0.3) is 11.5 Å². The highest BCUT2D eigenvalue weighted by atomic mass is 32.2. The average molecular weight is 374 g/mol. The van der Waals surface area contributed by atoms with Crippen molar-refractivity contribution in [3.05, 3.63) is 41.3 Å². The third-order valence-corrected chi connectivity index (χ3v) is 6.82. The number of sulfone groups is 1. The van der Waals surface area contributed by atoms with Crippen molar-refractivity contribution in [2.75, 3.05) is 29.5 Å². The van der Waals surface area contributed by atoms with Crippen LogP contribution in [0.1, 0.15) is 0 Å². The first-order valence-electron chi connectivity index (χ1n) is 7.90. The highest BCUT2D eigenvalue weighted by Gasteiger charge is 2.56. The molecule has 0 unspecified atom stereocenters. The number of hydrogen-bond donors (Lipinski definition) is 1. The quantitative estimate of drug-likeness (QED) is 0.603. The molecule has 0 radical (unpaired) electrons. The van der Waals surface area contributed by atoms with Gasteiger partial charge in [-0.1, -0.05) is 5.21 Å². The van der Waals surface area contributed by atoms with Crippen molar-refractivity contribution in [1.82, 2.24) is 34.7 Å². The molecule has 134 valence electrons. The fourth-order valence-electron chi connectivity index (χ4n) is 3.66. The molecule has 2 saturated heterocycles. The van der Waals surface area contributed by atoms with Gasteiger partial charge >= 0.3 is 0 Å². The van der Waals surface area contributed by atoms with Crippen LogP contribution in [-0.4, -0.2) is 67.8 Å². The molecule has 2 fully saturated rings. The lowest BCUT2D eigenvalue weighted by atomic mass is 9.83. The van der Waals surface area contributed by atoms with Gasteiger partial charge in [0.15, 0.2) is 21.3 Å². The number of nitrogens with one attached hydrogen (secondary N) is 1. The standard InChI is InChI=1S/C14H14N8O3S/c23-13-10(21-2-1-17-19-21)4-18-22(13)12-3-11(15-9-16-12)20-5-14(6-20)7-26(24,25)8-14/h1-4,9,18H,5-8H2. The summed E-state index contributed by atoms with van der Waals surface area (Å²) in [6, 6.07) is 1.70. The van der Waals surface area contributed by atoms with Crippen LogP contribution in [0.4, 0.5) is 5.82 Å². The molecule has 0 saturated carbocycles. The van der Waals surface area contributed by atoms with Crippen molar-refractivity contribution in [2.24, 2.45) is 5.41 Å². The van der Waals surface area contributed by atoms with Gasteiger partial charge in [-0.05, 0) is 0 Å². The fraction of sp³-hybridized carbons (Fsp3) is 0.357. The Morgan fingerprint density at radius 1 is 1.15 bits per heavy atom. The van der Waals surface area contributed by atoms with Gasteiger partial charge in [-0.3, -0.25) is 9.89 Å². The molecule has 1 N–H and O–H groups in total. The van der Waals surface area contributed by atoms with E-state index in [0.29, 0.717) is 30.4 Å². The molecule has 0 aromatic carbocycles. The van der Waals surface area contributed by atoms with Crippen molar-refractivity contribution in [1.29, 1.82) is 0 Å². The second-order valence-electron chi connectivity index (χ2n) is 6.77. The van der Waals surface area contributed by atoms with Crippen LogP contribution in [0.2, 0.25) is 0 Å². The number of aromatic nitrogens is 7. The summed E-state index contributed by atoms with van der Waals surface area (Å²) in [6.07, 6.45) is 5.97. The number of aromatic amines is 1. The topological polar surface area (TPSA) is 132 Å². The Bertz CT molecular complexity index is 1130. The smallest absolute Gasteiger partial charge is 0.298 e. The van der Waals surface area contributed by atoms with Crippen LogP contribution in [0.5, 0.6) is 0 Å². The van der Waals surface area contributed by atoms with E-state index in [4.69, 9.17) is 0 Å². The summed E-state index contributed by atoms with van der Waals surface area (Å²) >= 11 is 0. The molecule has 1 spiro atoms. The van der Waals surface area contributed by atoms with Crippen LogP contribution in [0, 0.1) is 5.41 Å². The Hall–Kier alpha value is -3.02. The van der Waals surface area contributed by atoms with Crippen LogP contribution in [0.3, 0.4) is 0 Å². The van der Waals surface area contributed by atoms with Crippen LogP contribution in [0.15, 0.2) is 35.8 Å². The van der Waals surface area contributed by atoms with E-state index in [9.17, 15) is 13.2 Å². The van der Waals surface area contributed by atoms with Crippen LogP contribution >= 0.6 is 0 Å². The van der Waals surface area contributed by atoms with Crippen LogP contribution in [-0.2, 0) is 9.84 Å². The zero-order valence-corrected chi connectivity index (χ0v) is 14.3. The first kappa shape index (κ1) is 15.3. The maximum atomic E-state index is 12.6. The van der Waals surface area contributed by atoms with E-state index in [-0.39, 0.29) is 22.5 Å². The Morgan fingerprint density at radius 2 is 1.92 bits per heavy atom. The summed E-state index contributed by atoms with van der Waals surface area (Å²) in [7, 11) is -2.85. The predicted molar refractivity (Wildman–Crippen MR) is 90.2 cm³/mol.